The smallest absolute Gasteiger partial charge is 0.402 e. The highest BCUT2D eigenvalue weighted by molar-refractivity contribution is 5.64. The second kappa shape index (κ2) is 5.85. The summed E-state index contributed by atoms with van der Waals surface area (Å²) in [5.74, 6) is 2.14. The summed E-state index contributed by atoms with van der Waals surface area (Å²) >= 11 is 0. The molecule has 0 spiro atoms. The lowest BCUT2D eigenvalue weighted by Gasteiger charge is -2.11. The number of nitrogen functional groups attached to an aromatic ring is 1. The molecule has 3 aliphatic rings. The molecular weight excluding hydrogens is 359 g/mol. The molecule has 6 nitrogen and oxygen atoms in total. The molecule has 3 heterocycles. The fourth-order valence-corrected chi connectivity index (χ4v) is 4.16. The number of nitrogens with zero attached hydrogens (tertiary/aromatic N) is 3. The van der Waals surface area contributed by atoms with E-state index in [0.29, 0.717) is 35.1 Å². The van der Waals surface area contributed by atoms with Crippen LogP contribution in [0.3, 0.4) is 0 Å². The number of ether oxygens (including phenoxy) is 1. The van der Waals surface area contributed by atoms with Gasteiger partial charge >= 0.3 is 6.36 Å². The Balaban J connectivity index is 1.48. The van der Waals surface area contributed by atoms with Crippen molar-refractivity contribution in [3.63, 3.8) is 0 Å². The van der Waals surface area contributed by atoms with Gasteiger partial charge in [0, 0.05) is 43.5 Å². The Morgan fingerprint density at radius 3 is 2.67 bits per heavy atom. The van der Waals surface area contributed by atoms with Crippen LogP contribution >= 0.6 is 0 Å². The van der Waals surface area contributed by atoms with Gasteiger partial charge in [0.25, 0.3) is 0 Å². The third-order valence-electron chi connectivity index (χ3n) is 5.75. The van der Waals surface area contributed by atoms with Gasteiger partial charge in [-0.3, -0.25) is 0 Å². The minimum atomic E-state index is -4.82. The van der Waals surface area contributed by atoms with E-state index < -0.39 is 12.1 Å². The molecule has 0 aromatic carbocycles. The number of rotatable bonds is 5. The topological polar surface area (TPSA) is 78.0 Å². The van der Waals surface area contributed by atoms with Gasteiger partial charge in [-0.1, -0.05) is 0 Å². The minimum Gasteiger partial charge on any atom is -0.402 e. The van der Waals surface area contributed by atoms with E-state index in [2.05, 4.69) is 19.6 Å². The maximum absolute atomic E-state index is 12.6. The van der Waals surface area contributed by atoms with E-state index in [4.69, 9.17) is 10.7 Å². The fourth-order valence-electron chi connectivity index (χ4n) is 4.16. The Morgan fingerprint density at radius 1 is 1.26 bits per heavy atom. The summed E-state index contributed by atoms with van der Waals surface area (Å²) in [5.41, 5.74) is 6.62. The van der Waals surface area contributed by atoms with Crippen molar-refractivity contribution in [3.8, 4) is 17.0 Å². The Hall–Kier alpha value is -2.29. The zero-order valence-corrected chi connectivity index (χ0v) is 14.5. The summed E-state index contributed by atoms with van der Waals surface area (Å²) in [5, 5.41) is 3.39. The number of piperidine rings is 1. The molecule has 9 heteroatoms. The minimum absolute atomic E-state index is 0.295. The Bertz CT molecular complexity index is 866. The van der Waals surface area contributed by atoms with Gasteiger partial charge in [0.05, 0.1) is 5.69 Å². The van der Waals surface area contributed by atoms with Crippen LogP contribution in [0.15, 0.2) is 18.5 Å². The first-order chi connectivity index (χ1) is 12.9. The van der Waals surface area contributed by atoms with E-state index in [0.717, 1.165) is 25.3 Å². The maximum Gasteiger partial charge on any atom is 0.573 e. The lowest BCUT2D eigenvalue weighted by atomic mass is 10.2. The van der Waals surface area contributed by atoms with Gasteiger partial charge in [-0.25, -0.2) is 9.97 Å². The molecular formula is C18H20F3N5O. The predicted molar refractivity (Wildman–Crippen MR) is 91.9 cm³/mol. The second-order valence-electron chi connectivity index (χ2n) is 7.73. The van der Waals surface area contributed by atoms with Crippen molar-refractivity contribution in [2.45, 2.75) is 31.7 Å². The molecule has 3 fully saturated rings. The lowest BCUT2D eigenvalue weighted by Crippen LogP contribution is -2.18. The predicted octanol–water partition coefficient (Wildman–Crippen LogP) is 2.77. The number of pyridine rings is 1. The molecule has 2 aliphatic carbocycles. The summed E-state index contributed by atoms with van der Waals surface area (Å²) < 4.78 is 44.0. The summed E-state index contributed by atoms with van der Waals surface area (Å²) in [7, 11) is 0. The average Bonchev–Trinajstić information content (AvgIpc) is 3.43. The zero-order valence-electron chi connectivity index (χ0n) is 14.5. The first-order valence-corrected chi connectivity index (χ1v) is 9.19. The number of alkyl halides is 3. The molecule has 3 atom stereocenters. The molecule has 27 heavy (non-hydrogen) atoms. The van der Waals surface area contributed by atoms with E-state index in [1.807, 2.05) is 6.20 Å². The number of hydrogen-bond acceptors (Lipinski definition) is 5. The van der Waals surface area contributed by atoms with Crippen LogP contribution in [0.5, 0.6) is 5.75 Å². The van der Waals surface area contributed by atoms with Crippen LogP contribution < -0.4 is 15.8 Å². The molecule has 3 N–H and O–H groups in total. The molecule has 0 bridgehead atoms. The SMILES string of the molecule is Nc1ncc(-c2cn(C3[C@H]4CNC[C@@H]34)c(CC3CC3)n2)cc1OC(F)(F)F. The van der Waals surface area contributed by atoms with Crippen LogP contribution in [0, 0.1) is 17.8 Å². The van der Waals surface area contributed by atoms with Crippen LogP contribution in [0.4, 0.5) is 19.0 Å². The molecule has 1 saturated heterocycles. The molecule has 1 aliphatic heterocycles. The third-order valence-corrected chi connectivity index (χ3v) is 5.75. The molecule has 2 aromatic rings. The molecule has 5 rings (SSSR count). The Kier molecular flexibility index (Phi) is 3.65. The van der Waals surface area contributed by atoms with Crippen LogP contribution in [0.25, 0.3) is 11.3 Å². The standard InChI is InChI=1S/C18H20F3N5O/c19-18(20,21)27-14-4-10(5-24-17(14)22)13-8-26(15(25-13)3-9-1-2-9)16-11-6-23-7-12(11)16/h4-5,8-9,11-12,16,23H,1-3,6-7H2,(H2,22,24)/t11-,12+,16?. The van der Waals surface area contributed by atoms with Crippen molar-refractivity contribution in [3.05, 3.63) is 24.3 Å². The molecule has 2 aromatic heterocycles. The van der Waals surface area contributed by atoms with E-state index in [1.165, 1.54) is 25.1 Å². The van der Waals surface area contributed by atoms with Gasteiger partial charge in [-0.15, -0.1) is 13.2 Å². The largest absolute Gasteiger partial charge is 0.573 e. The number of anilines is 1. The van der Waals surface area contributed by atoms with Gasteiger partial charge in [-0.2, -0.15) is 0 Å². The summed E-state index contributed by atoms with van der Waals surface area (Å²) in [4.78, 5) is 8.60. The Morgan fingerprint density at radius 2 is 2.00 bits per heavy atom. The van der Waals surface area contributed by atoms with Crippen molar-refractivity contribution in [2.24, 2.45) is 17.8 Å². The van der Waals surface area contributed by atoms with Crippen LogP contribution in [-0.2, 0) is 6.42 Å². The first kappa shape index (κ1) is 16.9. The van der Waals surface area contributed by atoms with E-state index in [1.54, 1.807) is 0 Å². The highest BCUT2D eigenvalue weighted by atomic mass is 19.4. The summed E-state index contributed by atoms with van der Waals surface area (Å²) in [6, 6.07) is 1.70. The van der Waals surface area contributed by atoms with Gasteiger partial charge < -0.3 is 20.4 Å². The number of halogens is 3. The van der Waals surface area contributed by atoms with Gasteiger partial charge in [0.2, 0.25) is 0 Å². The van der Waals surface area contributed by atoms with E-state index in [9.17, 15) is 13.2 Å². The summed E-state index contributed by atoms with van der Waals surface area (Å²) in [6.07, 6.45) is 1.93. The maximum atomic E-state index is 12.6. The number of hydrogen-bond donors (Lipinski definition) is 2. The second-order valence-corrected chi connectivity index (χ2v) is 7.73. The number of aromatic nitrogens is 3. The number of fused-ring (bicyclic) bond motifs is 1. The summed E-state index contributed by atoms with van der Waals surface area (Å²) in [6.45, 7) is 2.03. The normalized spacial score (nSPS) is 26.9. The number of nitrogens with two attached hydrogens (primary N) is 1. The van der Waals surface area contributed by atoms with E-state index in [-0.39, 0.29) is 5.82 Å². The molecule has 2 saturated carbocycles. The van der Waals surface area contributed by atoms with Crippen LogP contribution in [0.1, 0.15) is 24.7 Å². The highest BCUT2D eigenvalue weighted by Gasteiger charge is 2.54. The van der Waals surface area contributed by atoms with Crippen molar-refractivity contribution in [1.29, 1.82) is 0 Å². The lowest BCUT2D eigenvalue weighted by molar-refractivity contribution is -0.274. The zero-order chi connectivity index (χ0) is 18.8. The molecule has 144 valence electrons. The molecule has 1 unspecified atom stereocenters. The number of nitrogens with one attached hydrogen (secondary N) is 1. The quantitative estimate of drug-likeness (QED) is 0.835. The van der Waals surface area contributed by atoms with Crippen LogP contribution in [-0.4, -0.2) is 34.0 Å². The molecule has 0 amide bonds. The van der Waals surface area contributed by atoms with E-state index >= 15 is 0 Å². The number of imidazole rings is 1. The average molecular weight is 379 g/mol. The van der Waals surface area contributed by atoms with Crippen molar-refractivity contribution < 1.29 is 17.9 Å². The molecule has 0 radical (unpaired) electrons. The van der Waals surface area contributed by atoms with Crippen molar-refractivity contribution >= 4 is 5.82 Å². The fraction of sp³-hybridized carbons (Fsp3) is 0.556. The van der Waals surface area contributed by atoms with Crippen molar-refractivity contribution in [2.75, 3.05) is 18.8 Å². The third kappa shape index (κ3) is 3.24. The monoisotopic (exact) mass is 379 g/mol. The Labute approximate surface area is 153 Å². The van der Waals surface area contributed by atoms with Gasteiger partial charge in [-0.05, 0) is 36.7 Å². The first-order valence-electron chi connectivity index (χ1n) is 9.19. The van der Waals surface area contributed by atoms with Gasteiger partial charge in [0.1, 0.15) is 5.82 Å². The highest BCUT2D eigenvalue weighted by Crippen LogP contribution is 2.53. The van der Waals surface area contributed by atoms with Crippen LogP contribution in [0.2, 0.25) is 0 Å². The van der Waals surface area contributed by atoms with Crippen molar-refractivity contribution in [1.82, 2.24) is 19.9 Å². The van der Waals surface area contributed by atoms with Gasteiger partial charge in [0.15, 0.2) is 11.6 Å².